The number of hydrogen-bond acceptors (Lipinski definition) is 3. The molecule has 0 N–H and O–H groups in total. The molecule has 0 unspecified atom stereocenters. The van der Waals surface area contributed by atoms with Gasteiger partial charge in [0.1, 0.15) is 5.75 Å². The first-order chi connectivity index (χ1) is 12.6. The molecule has 0 amide bonds. The van der Waals surface area contributed by atoms with E-state index < -0.39 is 0 Å². The molecule has 0 spiro atoms. The largest absolute Gasteiger partial charge is 0.495 e. The highest BCUT2D eigenvalue weighted by Crippen LogP contribution is 2.48. The Morgan fingerprint density at radius 3 is 2.62 bits per heavy atom. The third-order valence-corrected chi connectivity index (χ3v) is 7.12. The summed E-state index contributed by atoms with van der Waals surface area (Å²) in [5.41, 5.74) is 2.72. The van der Waals surface area contributed by atoms with Gasteiger partial charge >= 0.3 is 0 Å². The van der Waals surface area contributed by atoms with Crippen molar-refractivity contribution >= 4 is 34.7 Å². The first kappa shape index (κ1) is 19.4. The number of methoxy groups -OCH3 is 1. The lowest BCUT2D eigenvalue weighted by atomic mass is 9.81. The number of benzene rings is 2. The SMILES string of the molecule is CCCC[C@]1(CC)CSc2cc(OC)c(Cl)cc2N(c2ccccc2)C1. The molecule has 0 fully saturated rings. The molecule has 1 aliphatic heterocycles. The van der Waals surface area contributed by atoms with Crippen molar-refractivity contribution in [2.24, 2.45) is 5.41 Å². The number of anilines is 2. The smallest absolute Gasteiger partial charge is 0.138 e. The molecule has 0 bridgehead atoms. The lowest BCUT2D eigenvalue weighted by Crippen LogP contribution is -2.35. The van der Waals surface area contributed by atoms with E-state index in [1.165, 1.54) is 42.0 Å². The van der Waals surface area contributed by atoms with Crippen molar-refractivity contribution < 1.29 is 4.74 Å². The van der Waals surface area contributed by atoms with Gasteiger partial charge < -0.3 is 9.64 Å². The van der Waals surface area contributed by atoms with Gasteiger partial charge in [-0.15, -0.1) is 11.8 Å². The van der Waals surface area contributed by atoms with E-state index in [-0.39, 0.29) is 0 Å². The number of halogens is 1. The Morgan fingerprint density at radius 1 is 1.19 bits per heavy atom. The van der Waals surface area contributed by atoms with Crippen molar-refractivity contribution in [2.45, 2.75) is 44.4 Å². The lowest BCUT2D eigenvalue weighted by Gasteiger charge is -2.36. The Kier molecular flexibility index (Phi) is 6.42. The Balaban J connectivity index is 2.09. The van der Waals surface area contributed by atoms with Crippen LogP contribution in [0, 0.1) is 5.41 Å². The molecule has 4 heteroatoms. The number of hydrogen-bond donors (Lipinski definition) is 0. The fraction of sp³-hybridized carbons (Fsp3) is 0.455. The number of unbranched alkanes of at least 4 members (excludes halogenated alkanes) is 1. The minimum absolute atomic E-state index is 0.301. The van der Waals surface area contributed by atoms with Gasteiger partial charge in [0.15, 0.2) is 0 Å². The van der Waals surface area contributed by atoms with Gasteiger partial charge in [0.05, 0.1) is 17.8 Å². The molecular formula is C22H28ClNOS. The molecule has 1 heterocycles. The number of rotatable bonds is 6. The molecule has 1 atom stereocenters. The van der Waals surface area contributed by atoms with Crippen LogP contribution in [0.4, 0.5) is 11.4 Å². The van der Waals surface area contributed by atoms with Crippen molar-refractivity contribution in [2.75, 3.05) is 24.3 Å². The standard InChI is InChI=1S/C22H28ClNOS/c1-4-6-12-22(5-2)15-24(17-10-8-7-9-11-17)19-13-18(23)20(25-3)14-21(19)26-16-22/h7-11,13-14H,4-6,12,15-16H2,1-3H3/t22-/m0/s1. The minimum Gasteiger partial charge on any atom is -0.495 e. The van der Waals surface area contributed by atoms with Crippen molar-refractivity contribution in [3.8, 4) is 5.75 Å². The molecule has 2 aromatic rings. The van der Waals surface area contributed by atoms with Crippen LogP contribution in [0.3, 0.4) is 0 Å². The second kappa shape index (κ2) is 8.58. The van der Waals surface area contributed by atoms with Gasteiger partial charge in [-0.2, -0.15) is 0 Å². The van der Waals surface area contributed by atoms with E-state index in [2.05, 4.69) is 61.2 Å². The summed E-state index contributed by atoms with van der Waals surface area (Å²) < 4.78 is 5.47. The lowest BCUT2D eigenvalue weighted by molar-refractivity contribution is 0.295. The monoisotopic (exact) mass is 389 g/mol. The summed E-state index contributed by atoms with van der Waals surface area (Å²) in [5.74, 6) is 1.88. The Labute approximate surface area is 166 Å². The number of thioether (sulfide) groups is 1. The van der Waals surface area contributed by atoms with Gasteiger partial charge in [0.25, 0.3) is 0 Å². The fourth-order valence-corrected chi connectivity index (χ4v) is 5.28. The maximum absolute atomic E-state index is 6.50. The van der Waals surface area contributed by atoms with Gasteiger partial charge in [-0.1, -0.05) is 56.5 Å². The van der Waals surface area contributed by atoms with Crippen LogP contribution in [-0.2, 0) is 0 Å². The molecule has 0 radical (unpaired) electrons. The highest BCUT2D eigenvalue weighted by molar-refractivity contribution is 7.99. The Hall–Kier alpha value is -1.32. The van der Waals surface area contributed by atoms with Crippen LogP contribution in [-0.4, -0.2) is 19.4 Å². The van der Waals surface area contributed by atoms with E-state index >= 15 is 0 Å². The van der Waals surface area contributed by atoms with Gasteiger partial charge in [-0.25, -0.2) is 0 Å². The van der Waals surface area contributed by atoms with Crippen LogP contribution in [0.15, 0.2) is 47.4 Å². The zero-order chi connectivity index (χ0) is 18.6. The molecular weight excluding hydrogens is 362 g/mol. The van der Waals surface area contributed by atoms with Crippen LogP contribution < -0.4 is 9.64 Å². The molecule has 1 aliphatic rings. The molecule has 2 aromatic carbocycles. The normalized spacial score (nSPS) is 19.8. The maximum atomic E-state index is 6.50. The Bertz CT molecular complexity index is 736. The summed E-state index contributed by atoms with van der Waals surface area (Å²) in [6.45, 7) is 5.64. The van der Waals surface area contributed by atoms with Crippen LogP contribution in [0.2, 0.25) is 5.02 Å². The highest BCUT2D eigenvalue weighted by Gasteiger charge is 2.35. The van der Waals surface area contributed by atoms with Gasteiger partial charge in [0, 0.05) is 22.9 Å². The summed E-state index contributed by atoms with van der Waals surface area (Å²) >= 11 is 8.44. The second-order valence-electron chi connectivity index (χ2n) is 7.12. The molecule has 0 aromatic heterocycles. The zero-order valence-electron chi connectivity index (χ0n) is 15.9. The first-order valence-corrected chi connectivity index (χ1v) is 10.8. The summed E-state index contributed by atoms with van der Waals surface area (Å²) in [6.07, 6.45) is 4.96. The third-order valence-electron chi connectivity index (χ3n) is 5.43. The molecule has 2 nitrogen and oxygen atoms in total. The van der Waals surface area contributed by atoms with E-state index in [9.17, 15) is 0 Å². The van der Waals surface area contributed by atoms with E-state index in [0.29, 0.717) is 10.4 Å². The van der Waals surface area contributed by atoms with Crippen LogP contribution in [0.1, 0.15) is 39.5 Å². The summed E-state index contributed by atoms with van der Waals surface area (Å²) in [7, 11) is 1.68. The number of ether oxygens (including phenoxy) is 1. The molecule has 26 heavy (non-hydrogen) atoms. The van der Waals surface area contributed by atoms with Crippen LogP contribution in [0.5, 0.6) is 5.75 Å². The van der Waals surface area contributed by atoms with E-state index in [4.69, 9.17) is 16.3 Å². The molecule has 0 aliphatic carbocycles. The summed E-state index contributed by atoms with van der Waals surface area (Å²) in [6, 6.07) is 14.8. The zero-order valence-corrected chi connectivity index (χ0v) is 17.5. The van der Waals surface area contributed by atoms with Crippen LogP contribution >= 0.6 is 23.4 Å². The van der Waals surface area contributed by atoms with Crippen molar-refractivity contribution in [3.05, 3.63) is 47.5 Å². The van der Waals surface area contributed by atoms with Crippen molar-refractivity contribution in [1.82, 2.24) is 0 Å². The average Bonchev–Trinajstić information content (AvgIpc) is 2.84. The van der Waals surface area contributed by atoms with Gasteiger partial charge in [0.2, 0.25) is 0 Å². The first-order valence-electron chi connectivity index (χ1n) is 9.45. The molecule has 0 saturated heterocycles. The Morgan fingerprint density at radius 2 is 1.96 bits per heavy atom. The fourth-order valence-electron chi connectivity index (χ4n) is 3.64. The predicted octanol–water partition coefficient (Wildman–Crippen LogP) is 7.18. The van der Waals surface area contributed by atoms with Crippen LogP contribution in [0.25, 0.3) is 0 Å². The third kappa shape index (κ3) is 3.99. The number of para-hydroxylation sites is 1. The van der Waals surface area contributed by atoms with E-state index in [1.807, 2.05) is 11.8 Å². The minimum atomic E-state index is 0.301. The quantitative estimate of drug-likeness (QED) is 0.519. The summed E-state index contributed by atoms with van der Waals surface area (Å²) in [5, 5.41) is 0.672. The van der Waals surface area contributed by atoms with Crippen molar-refractivity contribution in [3.63, 3.8) is 0 Å². The topological polar surface area (TPSA) is 12.5 Å². The average molecular weight is 390 g/mol. The number of nitrogens with zero attached hydrogens (tertiary/aromatic N) is 1. The highest BCUT2D eigenvalue weighted by atomic mass is 35.5. The van der Waals surface area contributed by atoms with E-state index in [0.717, 1.165) is 18.0 Å². The predicted molar refractivity (Wildman–Crippen MR) is 114 cm³/mol. The molecule has 0 saturated carbocycles. The second-order valence-corrected chi connectivity index (χ2v) is 8.55. The van der Waals surface area contributed by atoms with Gasteiger partial charge in [-0.3, -0.25) is 0 Å². The van der Waals surface area contributed by atoms with Crippen molar-refractivity contribution in [1.29, 1.82) is 0 Å². The summed E-state index contributed by atoms with van der Waals surface area (Å²) in [4.78, 5) is 3.71. The molecule has 3 rings (SSSR count). The maximum Gasteiger partial charge on any atom is 0.138 e. The van der Waals surface area contributed by atoms with Gasteiger partial charge in [-0.05, 0) is 42.5 Å². The molecule has 140 valence electrons. The van der Waals surface area contributed by atoms with E-state index in [1.54, 1.807) is 7.11 Å². The number of fused-ring (bicyclic) bond motifs is 1.